The van der Waals surface area contributed by atoms with E-state index in [2.05, 4.69) is 14.9 Å². The Morgan fingerprint density at radius 3 is 2.45 bits per heavy atom. The van der Waals surface area contributed by atoms with Crippen molar-refractivity contribution < 1.29 is 22.7 Å². The molecule has 4 N–H and O–H groups in total. The van der Waals surface area contributed by atoms with Crippen LogP contribution in [0.1, 0.15) is 35.5 Å². The number of carbonyl (C=O) groups excluding carboxylic acids is 1. The highest BCUT2D eigenvalue weighted by Gasteiger charge is 2.34. The van der Waals surface area contributed by atoms with E-state index >= 15 is 0 Å². The van der Waals surface area contributed by atoms with Crippen LogP contribution in [0.2, 0.25) is 0 Å². The van der Waals surface area contributed by atoms with Gasteiger partial charge in [0, 0.05) is 31.2 Å². The van der Waals surface area contributed by atoms with Gasteiger partial charge in [-0.2, -0.15) is 13.2 Å². The Balaban J connectivity index is 1.99. The van der Waals surface area contributed by atoms with E-state index < -0.39 is 23.6 Å². The van der Waals surface area contributed by atoms with Gasteiger partial charge in [-0.15, -0.1) is 0 Å². The molecular weight excluding hydrogens is 437 g/mol. The predicted molar refractivity (Wildman–Crippen MR) is 118 cm³/mol. The maximum Gasteiger partial charge on any atom is 0.417 e. The fraction of sp³-hybridized carbons (Fsp3) is 0.318. The molecule has 0 saturated carbocycles. The summed E-state index contributed by atoms with van der Waals surface area (Å²) in [5, 5.41) is 7.17. The predicted octanol–water partition coefficient (Wildman–Crippen LogP) is 4.18. The Morgan fingerprint density at radius 1 is 1.15 bits per heavy atom. The molecule has 11 heteroatoms. The molecule has 176 valence electrons. The average molecular weight is 462 g/mol. The summed E-state index contributed by atoms with van der Waals surface area (Å²) in [6.07, 6.45) is -1.58. The zero-order valence-electron chi connectivity index (χ0n) is 18.5. The number of H-pyrrole nitrogens is 1. The molecule has 0 saturated heterocycles. The summed E-state index contributed by atoms with van der Waals surface area (Å²) in [4.78, 5) is 22.2. The molecule has 1 aromatic carbocycles. The number of ether oxygens (including phenoxy) is 1. The third-order valence-corrected chi connectivity index (χ3v) is 5.22. The molecule has 2 heterocycles. The molecule has 0 aliphatic heterocycles. The van der Waals surface area contributed by atoms with Crippen LogP contribution >= 0.6 is 0 Å². The summed E-state index contributed by atoms with van der Waals surface area (Å²) in [6, 6.07) is 5.09. The van der Waals surface area contributed by atoms with Crippen molar-refractivity contribution in [2.75, 3.05) is 20.1 Å². The molecule has 1 amide bonds. The average Bonchev–Trinajstić information content (AvgIpc) is 3.19. The van der Waals surface area contributed by atoms with E-state index in [-0.39, 0.29) is 22.3 Å². The fourth-order valence-corrected chi connectivity index (χ4v) is 3.36. The maximum absolute atomic E-state index is 13.8. The number of nitrogens with one attached hydrogen (secondary N) is 2. The second-order valence-electron chi connectivity index (χ2n) is 7.45. The number of pyridine rings is 1. The van der Waals surface area contributed by atoms with Gasteiger partial charge in [-0.1, -0.05) is 13.8 Å². The molecule has 0 spiro atoms. The van der Waals surface area contributed by atoms with Gasteiger partial charge in [-0.3, -0.25) is 25.0 Å². The Morgan fingerprint density at radius 2 is 1.85 bits per heavy atom. The molecule has 0 bridgehead atoms. The quantitative estimate of drug-likeness (QED) is 0.360. The summed E-state index contributed by atoms with van der Waals surface area (Å²) in [5.74, 6) is -1.03. The van der Waals surface area contributed by atoms with E-state index in [0.717, 1.165) is 35.7 Å². The molecule has 33 heavy (non-hydrogen) atoms. The highest BCUT2D eigenvalue weighted by molar-refractivity contribution is 6.06. The molecule has 3 rings (SSSR count). The van der Waals surface area contributed by atoms with Crippen molar-refractivity contribution in [3.8, 4) is 11.5 Å². The lowest BCUT2D eigenvalue weighted by molar-refractivity contribution is -0.136. The molecule has 3 aromatic rings. The summed E-state index contributed by atoms with van der Waals surface area (Å²) in [6.45, 7) is 6.40. The number of benzene rings is 1. The normalized spacial score (nSPS) is 11.7. The van der Waals surface area contributed by atoms with E-state index in [4.69, 9.17) is 15.9 Å². The van der Waals surface area contributed by atoms with E-state index in [1.54, 1.807) is 12.3 Å². The number of halogens is 3. The van der Waals surface area contributed by atoms with Crippen LogP contribution in [0.25, 0.3) is 10.9 Å². The van der Waals surface area contributed by atoms with Crippen LogP contribution in [0.3, 0.4) is 0 Å². The van der Waals surface area contributed by atoms with Crippen molar-refractivity contribution in [3.05, 3.63) is 53.5 Å². The summed E-state index contributed by atoms with van der Waals surface area (Å²) in [5.41, 5.74) is 5.15. The Bertz CT molecular complexity index is 1170. The summed E-state index contributed by atoms with van der Waals surface area (Å²) in [7, 11) is 1.26. The smallest absolute Gasteiger partial charge is 0.417 e. The molecule has 0 fully saturated rings. The number of aromatic amines is 1. The standard InChI is InChI=1S/C22H25F3N6O2/c1-4-31(5-2)12-13-6-15(11-28-10-13)33-14-7-17(22(23,24)25)16-9-19(29-18(16)8-14)20(32)30(3)21(26)27/h6-11,29H,4-5,12H2,1-3H3,(H3,26,27). The van der Waals surface area contributed by atoms with Crippen molar-refractivity contribution in [3.63, 3.8) is 0 Å². The van der Waals surface area contributed by atoms with E-state index in [9.17, 15) is 18.0 Å². The Hall–Kier alpha value is -3.60. The van der Waals surface area contributed by atoms with E-state index in [1.165, 1.54) is 19.3 Å². The molecule has 0 unspecified atom stereocenters. The van der Waals surface area contributed by atoms with E-state index in [1.807, 2.05) is 13.8 Å². The monoisotopic (exact) mass is 462 g/mol. The largest absolute Gasteiger partial charge is 0.456 e. The topological polar surface area (TPSA) is 111 Å². The van der Waals surface area contributed by atoms with Gasteiger partial charge in [0.2, 0.25) is 0 Å². The van der Waals surface area contributed by atoms with E-state index in [0.29, 0.717) is 12.3 Å². The molecule has 8 nitrogen and oxygen atoms in total. The first-order valence-electron chi connectivity index (χ1n) is 10.2. The molecular formula is C22H25F3N6O2. The number of fused-ring (bicyclic) bond motifs is 1. The molecule has 0 aliphatic carbocycles. The fourth-order valence-electron chi connectivity index (χ4n) is 3.36. The molecule has 0 aliphatic rings. The lowest BCUT2D eigenvalue weighted by Crippen LogP contribution is -2.38. The van der Waals surface area contributed by atoms with Gasteiger partial charge in [0.25, 0.3) is 5.91 Å². The van der Waals surface area contributed by atoms with Crippen LogP contribution in [-0.2, 0) is 12.7 Å². The highest BCUT2D eigenvalue weighted by Crippen LogP contribution is 2.39. The number of nitrogens with zero attached hydrogens (tertiary/aromatic N) is 3. The maximum atomic E-state index is 13.8. The van der Waals surface area contributed by atoms with Crippen molar-refractivity contribution in [1.82, 2.24) is 19.8 Å². The number of aromatic nitrogens is 2. The molecule has 2 aromatic heterocycles. The summed E-state index contributed by atoms with van der Waals surface area (Å²) < 4.78 is 47.1. The second-order valence-corrected chi connectivity index (χ2v) is 7.45. The Kier molecular flexibility index (Phi) is 6.92. The minimum absolute atomic E-state index is 0.0580. The number of alkyl halides is 3. The van der Waals surface area contributed by atoms with Crippen LogP contribution in [0, 0.1) is 5.41 Å². The van der Waals surface area contributed by atoms with Crippen molar-refractivity contribution >= 4 is 22.8 Å². The van der Waals surface area contributed by atoms with Crippen molar-refractivity contribution in [2.24, 2.45) is 5.73 Å². The van der Waals surface area contributed by atoms with Gasteiger partial charge in [0.05, 0.1) is 17.3 Å². The van der Waals surface area contributed by atoms with Gasteiger partial charge in [-0.25, -0.2) is 0 Å². The third-order valence-electron chi connectivity index (χ3n) is 5.22. The third kappa shape index (κ3) is 5.43. The lowest BCUT2D eigenvalue weighted by Gasteiger charge is -2.18. The van der Waals surface area contributed by atoms with Crippen LogP contribution in [0.15, 0.2) is 36.7 Å². The van der Waals surface area contributed by atoms with Gasteiger partial charge >= 0.3 is 6.18 Å². The zero-order chi connectivity index (χ0) is 24.3. The first-order chi connectivity index (χ1) is 15.5. The SMILES string of the molecule is CCN(CC)Cc1cncc(Oc2cc(C(F)(F)F)c3cc(C(=O)N(C)C(=N)N)[nH]c3c2)c1. The van der Waals surface area contributed by atoms with Crippen LogP contribution in [0.5, 0.6) is 11.5 Å². The zero-order valence-corrected chi connectivity index (χ0v) is 18.5. The van der Waals surface area contributed by atoms with Crippen molar-refractivity contribution in [2.45, 2.75) is 26.6 Å². The van der Waals surface area contributed by atoms with Crippen LogP contribution in [-0.4, -0.2) is 51.8 Å². The van der Waals surface area contributed by atoms with Gasteiger partial charge in [-0.05, 0) is 36.9 Å². The number of hydrogen-bond donors (Lipinski definition) is 3. The number of rotatable bonds is 7. The number of hydrogen-bond acceptors (Lipinski definition) is 5. The Labute approximate surface area is 188 Å². The van der Waals surface area contributed by atoms with Crippen LogP contribution in [0.4, 0.5) is 13.2 Å². The molecule has 0 radical (unpaired) electrons. The summed E-state index contributed by atoms with van der Waals surface area (Å²) >= 11 is 0. The van der Waals surface area contributed by atoms with Crippen molar-refractivity contribution in [1.29, 1.82) is 5.41 Å². The number of amides is 1. The second kappa shape index (κ2) is 9.49. The highest BCUT2D eigenvalue weighted by atomic mass is 19.4. The number of guanidine groups is 1. The van der Waals surface area contributed by atoms with Gasteiger partial charge in [0.15, 0.2) is 5.96 Å². The molecule has 0 atom stereocenters. The van der Waals surface area contributed by atoms with Gasteiger partial charge in [0.1, 0.15) is 17.2 Å². The number of carbonyl (C=O) groups is 1. The van der Waals surface area contributed by atoms with Crippen LogP contribution < -0.4 is 10.5 Å². The first kappa shape index (κ1) is 24.1. The first-order valence-corrected chi connectivity index (χ1v) is 10.2. The lowest BCUT2D eigenvalue weighted by atomic mass is 10.1. The van der Waals surface area contributed by atoms with Gasteiger partial charge < -0.3 is 15.5 Å². The number of nitrogens with two attached hydrogens (primary N) is 1. The minimum atomic E-state index is -4.69. The minimum Gasteiger partial charge on any atom is -0.456 e.